The monoisotopic (exact) mass is 304 g/mol. The first kappa shape index (κ1) is 14.5. The zero-order chi connectivity index (χ0) is 15.5. The molecule has 0 amide bonds. The molecule has 0 saturated heterocycles. The number of aromatic nitrogens is 2. The molecule has 1 aromatic heterocycles. The van der Waals surface area contributed by atoms with Crippen LogP contribution in [0.1, 0.15) is 36.9 Å². The normalized spacial score (nSPS) is 23.8. The molecule has 0 saturated carbocycles. The standard InChI is InChI=1S/C21H24N2/c1-2-6-16(7-3-1)10-17-11-18-8-4-5-9-21(18)19(12-17)13-20-14-22-15-23-20/h1-3,5-7,9,14-15,17,19H,4,8,10-13H2,(H,22,23). The van der Waals surface area contributed by atoms with E-state index in [0.29, 0.717) is 5.92 Å². The van der Waals surface area contributed by atoms with Gasteiger partial charge in [0, 0.05) is 11.9 Å². The highest BCUT2D eigenvalue weighted by molar-refractivity contribution is 5.35. The number of rotatable bonds is 4. The summed E-state index contributed by atoms with van der Waals surface area (Å²) in [6, 6.07) is 11.0. The van der Waals surface area contributed by atoms with Gasteiger partial charge in [-0.3, -0.25) is 0 Å². The van der Waals surface area contributed by atoms with E-state index in [1.165, 1.54) is 43.4 Å². The summed E-state index contributed by atoms with van der Waals surface area (Å²) in [4.78, 5) is 7.48. The number of aromatic amines is 1. The maximum absolute atomic E-state index is 4.19. The van der Waals surface area contributed by atoms with Crippen molar-refractivity contribution in [2.45, 2.75) is 38.5 Å². The van der Waals surface area contributed by atoms with Crippen LogP contribution in [0.5, 0.6) is 0 Å². The quantitative estimate of drug-likeness (QED) is 0.858. The van der Waals surface area contributed by atoms with Gasteiger partial charge in [0.1, 0.15) is 0 Å². The van der Waals surface area contributed by atoms with Crippen LogP contribution in [0, 0.1) is 11.8 Å². The summed E-state index contributed by atoms with van der Waals surface area (Å²) in [6.45, 7) is 0. The number of hydrogen-bond donors (Lipinski definition) is 1. The predicted octanol–water partition coefficient (Wildman–Crippen LogP) is 4.87. The SMILES string of the molecule is C1=CC2=C(CC1)CC(Cc1ccccc1)CC2Cc1cnc[nH]1. The van der Waals surface area contributed by atoms with Crippen molar-refractivity contribution in [3.8, 4) is 0 Å². The third-order valence-electron chi connectivity index (χ3n) is 5.30. The van der Waals surface area contributed by atoms with E-state index in [2.05, 4.69) is 52.5 Å². The van der Waals surface area contributed by atoms with Crippen molar-refractivity contribution in [3.05, 3.63) is 77.4 Å². The largest absolute Gasteiger partial charge is 0.348 e. The smallest absolute Gasteiger partial charge is 0.0921 e. The van der Waals surface area contributed by atoms with Crippen LogP contribution >= 0.6 is 0 Å². The topological polar surface area (TPSA) is 28.7 Å². The molecule has 2 unspecified atom stereocenters. The maximum atomic E-state index is 4.19. The second-order valence-electron chi connectivity index (χ2n) is 6.97. The van der Waals surface area contributed by atoms with Gasteiger partial charge in [0.15, 0.2) is 0 Å². The first-order valence-electron chi connectivity index (χ1n) is 8.78. The minimum absolute atomic E-state index is 0.643. The Morgan fingerprint density at radius 2 is 2.04 bits per heavy atom. The lowest BCUT2D eigenvalue weighted by molar-refractivity contribution is 0.363. The molecule has 23 heavy (non-hydrogen) atoms. The van der Waals surface area contributed by atoms with Crippen molar-refractivity contribution < 1.29 is 0 Å². The highest BCUT2D eigenvalue weighted by Crippen LogP contribution is 2.41. The lowest BCUT2D eigenvalue weighted by atomic mass is 9.71. The lowest BCUT2D eigenvalue weighted by Crippen LogP contribution is -2.23. The van der Waals surface area contributed by atoms with E-state index < -0.39 is 0 Å². The zero-order valence-corrected chi connectivity index (χ0v) is 13.5. The number of imidazole rings is 1. The van der Waals surface area contributed by atoms with E-state index in [9.17, 15) is 0 Å². The van der Waals surface area contributed by atoms with Gasteiger partial charge in [0.05, 0.1) is 6.33 Å². The molecule has 4 rings (SSSR count). The summed E-state index contributed by atoms with van der Waals surface area (Å²) >= 11 is 0. The van der Waals surface area contributed by atoms with E-state index in [1.807, 2.05) is 6.20 Å². The number of hydrogen-bond acceptors (Lipinski definition) is 1. The van der Waals surface area contributed by atoms with Gasteiger partial charge in [-0.15, -0.1) is 0 Å². The lowest BCUT2D eigenvalue weighted by Gasteiger charge is -2.34. The van der Waals surface area contributed by atoms with Gasteiger partial charge in [-0.05, 0) is 61.5 Å². The van der Waals surface area contributed by atoms with E-state index in [1.54, 1.807) is 17.5 Å². The molecule has 1 aromatic carbocycles. The first-order valence-corrected chi connectivity index (χ1v) is 8.78. The summed E-state index contributed by atoms with van der Waals surface area (Å²) in [7, 11) is 0. The van der Waals surface area contributed by atoms with Gasteiger partial charge >= 0.3 is 0 Å². The number of nitrogens with zero attached hydrogens (tertiary/aromatic N) is 1. The van der Waals surface area contributed by atoms with Crippen molar-refractivity contribution >= 4 is 0 Å². The number of benzene rings is 1. The van der Waals surface area contributed by atoms with Crippen LogP contribution < -0.4 is 0 Å². The van der Waals surface area contributed by atoms with E-state index >= 15 is 0 Å². The van der Waals surface area contributed by atoms with E-state index in [0.717, 1.165) is 12.3 Å². The summed E-state index contributed by atoms with van der Waals surface area (Å²) < 4.78 is 0. The Balaban J connectivity index is 1.55. The average Bonchev–Trinajstić information content (AvgIpc) is 3.09. The van der Waals surface area contributed by atoms with Gasteiger partial charge in [-0.25, -0.2) is 4.98 Å². The average molecular weight is 304 g/mol. The molecule has 2 nitrogen and oxygen atoms in total. The summed E-state index contributed by atoms with van der Waals surface area (Å²) in [5, 5.41) is 0. The number of nitrogens with one attached hydrogen (secondary N) is 1. The molecule has 0 fully saturated rings. The van der Waals surface area contributed by atoms with Crippen molar-refractivity contribution in [2.24, 2.45) is 11.8 Å². The second-order valence-corrected chi connectivity index (χ2v) is 6.97. The zero-order valence-electron chi connectivity index (χ0n) is 13.5. The fourth-order valence-electron chi connectivity index (χ4n) is 4.29. The van der Waals surface area contributed by atoms with Gasteiger partial charge < -0.3 is 4.98 Å². The van der Waals surface area contributed by atoms with Crippen LogP contribution in [0.2, 0.25) is 0 Å². The highest BCUT2D eigenvalue weighted by Gasteiger charge is 2.29. The second kappa shape index (κ2) is 6.57. The van der Waals surface area contributed by atoms with Crippen LogP contribution in [-0.2, 0) is 12.8 Å². The molecule has 0 spiro atoms. The Kier molecular flexibility index (Phi) is 4.14. The van der Waals surface area contributed by atoms with Gasteiger partial charge in [-0.2, -0.15) is 0 Å². The van der Waals surface area contributed by atoms with Crippen LogP contribution in [0.15, 0.2) is 66.2 Å². The molecule has 2 aliphatic carbocycles. The number of allylic oxidation sites excluding steroid dienone is 4. The Morgan fingerprint density at radius 1 is 1.13 bits per heavy atom. The third kappa shape index (κ3) is 3.31. The molecule has 2 aromatic rings. The van der Waals surface area contributed by atoms with Gasteiger partial charge in [0.25, 0.3) is 0 Å². The van der Waals surface area contributed by atoms with E-state index in [-0.39, 0.29) is 0 Å². The minimum Gasteiger partial charge on any atom is -0.348 e. The summed E-state index contributed by atoms with van der Waals surface area (Å²) in [5.74, 6) is 1.42. The molecule has 118 valence electrons. The fraction of sp³-hybridized carbons (Fsp3) is 0.381. The summed E-state index contributed by atoms with van der Waals surface area (Å²) in [6.07, 6.45) is 15.9. The Labute approximate surface area is 138 Å². The molecule has 2 aliphatic rings. The van der Waals surface area contributed by atoms with Crippen molar-refractivity contribution in [3.63, 3.8) is 0 Å². The first-order chi connectivity index (χ1) is 11.4. The van der Waals surface area contributed by atoms with Gasteiger partial charge in [0.2, 0.25) is 0 Å². The summed E-state index contributed by atoms with van der Waals surface area (Å²) in [5.41, 5.74) is 6.08. The van der Waals surface area contributed by atoms with E-state index in [4.69, 9.17) is 0 Å². The molecule has 1 heterocycles. The molecular weight excluding hydrogens is 280 g/mol. The fourth-order valence-corrected chi connectivity index (χ4v) is 4.29. The molecule has 1 N–H and O–H groups in total. The molecule has 0 bridgehead atoms. The van der Waals surface area contributed by atoms with Crippen LogP contribution in [0.3, 0.4) is 0 Å². The Hall–Kier alpha value is -2.09. The molecule has 0 radical (unpaired) electrons. The molecule has 0 aliphatic heterocycles. The van der Waals surface area contributed by atoms with Crippen LogP contribution in [-0.4, -0.2) is 9.97 Å². The Morgan fingerprint density at radius 3 is 2.87 bits per heavy atom. The molecular formula is C21H24N2. The van der Waals surface area contributed by atoms with Gasteiger partial charge in [-0.1, -0.05) is 48.1 Å². The minimum atomic E-state index is 0.643. The van der Waals surface area contributed by atoms with Crippen molar-refractivity contribution in [2.75, 3.05) is 0 Å². The molecule has 2 heteroatoms. The van der Waals surface area contributed by atoms with Crippen LogP contribution in [0.4, 0.5) is 0 Å². The van der Waals surface area contributed by atoms with Crippen molar-refractivity contribution in [1.82, 2.24) is 9.97 Å². The number of H-pyrrole nitrogens is 1. The van der Waals surface area contributed by atoms with Crippen molar-refractivity contribution in [1.29, 1.82) is 0 Å². The highest BCUT2D eigenvalue weighted by atomic mass is 14.9. The Bertz CT molecular complexity index is 695. The van der Waals surface area contributed by atoms with Crippen LogP contribution in [0.25, 0.3) is 0 Å². The third-order valence-corrected chi connectivity index (χ3v) is 5.30. The predicted molar refractivity (Wildman–Crippen MR) is 94.1 cm³/mol. The maximum Gasteiger partial charge on any atom is 0.0921 e. The molecule has 2 atom stereocenters.